The Kier molecular flexibility index (Phi) is 6.02. The second kappa shape index (κ2) is 10.9. The van der Waals surface area contributed by atoms with E-state index < -0.39 is 0 Å². The summed E-state index contributed by atoms with van der Waals surface area (Å²) in [5.74, 6) is 0.173. The van der Waals surface area contributed by atoms with E-state index in [1.165, 1.54) is 82.6 Å². The topological polar surface area (TPSA) is 22.8 Å². The van der Waals surface area contributed by atoms with E-state index in [0.29, 0.717) is 0 Å². The third-order valence-electron chi connectivity index (χ3n) is 10.9. The van der Waals surface area contributed by atoms with E-state index in [1.807, 2.05) is 12.4 Å². The van der Waals surface area contributed by atoms with E-state index in [9.17, 15) is 0 Å². The number of nitrogens with zero attached hydrogens (tertiary/aromatic N) is 3. The van der Waals surface area contributed by atoms with Crippen LogP contribution in [0, 0.1) is 0 Å². The summed E-state index contributed by atoms with van der Waals surface area (Å²) in [5.41, 5.74) is 16.0. The van der Waals surface area contributed by atoms with Gasteiger partial charge >= 0.3 is 0 Å². The molecule has 0 radical (unpaired) electrons. The highest BCUT2D eigenvalue weighted by molar-refractivity contribution is 6.11. The zero-order valence-electron chi connectivity index (χ0n) is 27.7. The van der Waals surface area contributed by atoms with Crippen LogP contribution in [0.2, 0.25) is 0 Å². The number of rotatable bonds is 4. The molecular formula is C48H31N3. The van der Waals surface area contributed by atoms with Gasteiger partial charge in [-0.3, -0.25) is 4.98 Å². The first-order valence-corrected chi connectivity index (χ1v) is 17.6. The Balaban J connectivity index is 1.09. The fraction of sp³-hybridized carbons (Fsp3) is 0.0208. The van der Waals surface area contributed by atoms with Crippen molar-refractivity contribution >= 4 is 43.6 Å². The highest BCUT2D eigenvalue weighted by Crippen LogP contribution is 2.48. The van der Waals surface area contributed by atoms with Crippen molar-refractivity contribution in [3.8, 4) is 33.6 Å². The van der Waals surface area contributed by atoms with Crippen molar-refractivity contribution in [1.82, 2.24) is 14.1 Å². The number of aromatic nitrogens is 3. The molecule has 51 heavy (non-hydrogen) atoms. The largest absolute Gasteiger partial charge is 0.309 e. The molecule has 0 amide bonds. The maximum Gasteiger partial charge on any atom is 0.0541 e. The molecule has 3 aromatic heterocycles. The van der Waals surface area contributed by atoms with Crippen LogP contribution in [0.4, 0.5) is 0 Å². The van der Waals surface area contributed by atoms with Crippen molar-refractivity contribution in [1.29, 1.82) is 0 Å². The summed E-state index contributed by atoms with van der Waals surface area (Å²) in [6.45, 7) is 0. The van der Waals surface area contributed by atoms with Crippen LogP contribution < -0.4 is 0 Å². The third-order valence-corrected chi connectivity index (χ3v) is 10.9. The Labute approximate surface area is 295 Å². The smallest absolute Gasteiger partial charge is 0.0541 e. The van der Waals surface area contributed by atoms with Gasteiger partial charge in [0.05, 0.1) is 22.1 Å². The lowest BCUT2D eigenvalue weighted by Crippen LogP contribution is -2.00. The molecule has 0 bridgehead atoms. The summed E-state index contributed by atoms with van der Waals surface area (Å²) in [4.78, 5) is 4.48. The van der Waals surface area contributed by atoms with Crippen LogP contribution in [0.15, 0.2) is 182 Å². The number of para-hydroxylation sites is 2. The summed E-state index contributed by atoms with van der Waals surface area (Å²) < 4.78 is 4.85. The molecule has 1 unspecified atom stereocenters. The van der Waals surface area contributed by atoms with Gasteiger partial charge in [0.2, 0.25) is 0 Å². The van der Waals surface area contributed by atoms with Gasteiger partial charge in [-0.05, 0) is 94.0 Å². The van der Waals surface area contributed by atoms with Gasteiger partial charge < -0.3 is 9.13 Å². The van der Waals surface area contributed by atoms with Crippen LogP contribution in [0.25, 0.3) is 77.2 Å². The van der Waals surface area contributed by atoms with Crippen molar-refractivity contribution < 1.29 is 0 Å². The zero-order valence-corrected chi connectivity index (χ0v) is 27.7. The first-order chi connectivity index (χ1) is 25.3. The standard InChI is InChI=1S/C48H31N3/c1-2-11-31(12-3-1)32-21-23-46-41(27-32)37-16-6-8-19-44(37)50(46)34-13-10-14-35(29-34)51-45-20-9-7-17-38(45)42-28-33(22-24-47(42)51)48-39-18-5-4-15-36(39)43-30-49-26-25-40(43)48/h1-30,48H. The molecule has 3 nitrogen and oxygen atoms in total. The van der Waals surface area contributed by atoms with E-state index in [2.05, 4.69) is 184 Å². The highest BCUT2D eigenvalue weighted by atomic mass is 15.0. The van der Waals surface area contributed by atoms with Gasteiger partial charge in [-0.15, -0.1) is 0 Å². The van der Waals surface area contributed by atoms with Crippen LogP contribution in [-0.2, 0) is 0 Å². The van der Waals surface area contributed by atoms with Crippen molar-refractivity contribution in [2.45, 2.75) is 5.92 Å². The van der Waals surface area contributed by atoms with Gasteiger partial charge in [0.1, 0.15) is 0 Å². The molecule has 0 saturated heterocycles. The summed E-state index contributed by atoms with van der Waals surface area (Å²) in [6, 6.07) is 62.2. The minimum atomic E-state index is 0.173. The summed E-state index contributed by atoms with van der Waals surface area (Å²) in [6.07, 6.45) is 3.94. The molecule has 0 fully saturated rings. The van der Waals surface area contributed by atoms with Crippen molar-refractivity contribution in [2.24, 2.45) is 0 Å². The predicted molar refractivity (Wildman–Crippen MR) is 211 cm³/mol. The lowest BCUT2D eigenvalue weighted by molar-refractivity contribution is 1.01. The Morgan fingerprint density at radius 2 is 1.00 bits per heavy atom. The minimum Gasteiger partial charge on any atom is -0.309 e. The van der Waals surface area contributed by atoms with Crippen molar-refractivity contribution in [2.75, 3.05) is 0 Å². The number of benzene rings is 7. The fourth-order valence-electron chi connectivity index (χ4n) is 8.68. The SMILES string of the molecule is c1ccc(-c2ccc3c(c2)c2ccccc2n3-c2cccc(-n3c4ccccc4c4cc(C5c6ccccc6-c6cnccc65)ccc43)c2)cc1. The van der Waals surface area contributed by atoms with Gasteiger partial charge in [0, 0.05) is 56.8 Å². The molecule has 3 heterocycles. The summed E-state index contributed by atoms with van der Waals surface area (Å²) >= 11 is 0. The van der Waals surface area contributed by atoms with E-state index in [1.54, 1.807) is 0 Å². The molecule has 0 saturated carbocycles. The molecule has 3 heteroatoms. The number of fused-ring (bicyclic) bond motifs is 9. The lowest BCUT2D eigenvalue weighted by atomic mass is 9.89. The maximum absolute atomic E-state index is 4.48. The molecule has 10 aromatic rings. The molecule has 1 atom stereocenters. The first kappa shape index (κ1) is 28.2. The third kappa shape index (κ3) is 4.15. The van der Waals surface area contributed by atoms with Crippen LogP contribution in [0.5, 0.6) is 0 Å². The Bertz CT molecular complexity index is 2940. The number of hydrogen-bond donors (Lipinski definition) is 0. The summed E-state index contributed by atoms with van der Waals surface area (Å²) in [7, 11) is 0. The van der Waals surface area contributed by atoms with Crippen molar-refractivity contribution in [3.63, 3.8) is 0 Å². The van der Waals surface area contributed by atoms with Gasteiger partial charge in [0.15, 0.2) is 0 Å². The molecular weight excluding hydrogens is 619 g/mol. The van der Waals surface area contributed by atoms with Crippen LogP contribution >= 0.6 is 0 Å². The van der Waals surface area contributed by atoms with Crippen LogP contribution in [-0.4, -0.2) is 14.1 Å². The Morgan fingerprint density at radius 1 is 0.392 bits per heavy atom. The highest BCUT2D eigenvalue weighted by Gasteiger charge is 2.30. The normalized spacial score (nSPS) is 13.7. The average molecular weight is 650 g/mol. The monoisotopic (exact) mass is 649 g/mol. The second-order valence-corrected chi connectivity index (χ2v) is 13.6. The molecule has 7 aromatic carbocycles. The van der Waals surface area contributed by atoms with Gasteiger partial charge in [-0.25, -0.2) is 0 Å². The average Bonchev–Trinajstić information content (AvgIpc) is 3.83. The predicted octanol–water partition coefficient (Wildman–Crippen LogP) is 12.1. The molecule has 0 aliphatic heterocycles. The van der Waals surface area contributed by atoms with Crippen molar-refractivity contribution in [3.05, 3.63) is 199 Å². The molecule has 1 aliphatic rings. The Hall–Kier alpha value is -6.71. The lowest BCUT2D eigenvalue weighted by Gasteiger charge is -2.15. The van der Waals surface area contributed by atoms with Crippen LogP contribution in [0.3, 0.4) is 0 Å². The van der Waals surface area contributed by atoms with E-state index >= 15 is 0 Å². The van der Waals surface area contributed by atoms with Gasteiger partial charge in [0.25, 0.3) is 0 Å². The quantitative estimate of drug-likeness (QED) is 0.186. The number of pyridine rings is 1. The molecule has 1 aliphatic carbocycles. The number of hydrogen-bond acceptors (Lipinski definition) is 1. The second-order valence-electron chi connectivity index (χ2n) is 13.6. The molecule has 0 N–H and O–H groups in total. The fourth-order valence-corrected chi connectivity index (χ4v) is 8.68. The Morgan fingerprint density at radius 3 is 1.76 bits per heavy atom. The molecule has 11 rings (SSSR count). The van der Waals surface area contributed by atoms with Gasteiger partial charge in [-0.2, -0.15) is 0 Å². The van der Waals surface area contributed by atoms with E-state index in [0.717, 1.165) is 11.4 Å². The zero-order chi connectivity index (χ0) is 33.5. The molecule has 238 valence electrons. The minimum absolute atomic E-state index is 0.173. The first-order valence-electron chi connectivity index (χ1n) is 17.6. The van der Waals surface area contributed by atoms with E-state index in [-0.39, 0.29) is 5.92 Å². The molecule has 0 spiro atoms. The summed E-state index contributed by atoms with van der Waals surface area (Å²) in [5, 5.41) is 5.03. The maximum atomic E-state index is 4.48. The van der Waals surface area contributed by atoms with E-state index in [4.69, 9.17) is 0 Å². The van der Waals surface area contributed by atoms with Gasteiger partial charge in [-0.1, -0.05) is 109 Å². The van der Waals surface area contributed by atoms with Crippen LogP contribution in [0.1, 0.15) is 22.6 Å².